The molecule has 0 spiro atoms. The van der Waals surface area contributed by atoms with E-state index in [-0.39, 0.29) is 0 Å². The molecule has 0 atom stereocenters. The molecule has 0 bridgehead atoms. The smallest absolute Gasteiger partial charge is 0.170 e. The molecule has 4 nitrogen and oxygen atoms in total. The summed E-state index contributed by atoms with van der Waals surface area (Å²) in [4.78, 5) is 4.11. The van der Waals surface area contributed by atoms with Crippen LogP contribution in [0.1, 0.15) is 0 Å². The number of nitrogen functional groups attached to an aromatic ring is 1. The number of halogens is 1. The van der Waals surface area contributed by atoms with Crippen LogP contribution in [0.3, 0.4) is 0 Å². The zero-order valence-corrected chi connectivity index (χ0v) is 7.69. The van der Waals surface area contributed by atoms with E-state index in [0.717, 1.165) is 11.0 Å². The standard InChI is InChI=1S/C6H5IN4/c7-11-6-4(5(8)10-11)2-1-3-9-6/h1-3H,(H2,8,10). The van der Waals surface area contributed by atoms with Gasteiger partial charge in [-0.15, -0.1) is 5.10 Å². The topological polar surface area (TPSA) is 56.7 Å². The molecular formula is C6H5IN4. The lowest BCUT2D eigenvalue weighted by Crippen LogP contribution is -1.85. The van der Waals surface area contributed by atoms with Crippen molar-refractivity contribution in [3.05, 3.63) is 18.3 Å². The molecule has 56 valence electrons. The Morgan fingerprint density at radius 1 is 1.55 bits per heavy atom. The van der Waals surface area contributed by atoms with Gasteiger partial charge in [0.25, 0.3) is 0 Å². The molecule has 2 aromatic rings. The summed E-state index contributed by atoms with van der Waals surface area (Å²) in [6.45, 7) is 0. The van der Waals surface area contributed by atoms with E-state index in [1.807, 2.05) is 35.0 Å². The van der Waals surface area contributed by atoms with Crippen LogP contribution in [0.25, 0.3) is 11.0 Å². The molecule has 0 radical (unpaired) electrons. The van der Waals surface area contributed by atoms with Gasteiger partial charge in [0, 0.05) is 6.20 Å². The molecular weight excluding hydrogens is 255 g/mol. The highest BCUT2D eigenvalue weighted by Crippen LogP contribution is 2.18. The first-order chi connectivity index (χ1) is 5.29. The molecule has 5 heteroatoms. The molecule has 0 unspecified atom stereocenters. The highest BCUT2D eigenvalue weighted by molar-refractivity contribution is 14.1. The van der Waals surface area contributed by atoms with Gasteiger partial charge in [-0.1, -0.05) is 0 Å². The van der Waals surface area contributed by atoms with E-state index >= 15 is 0 Å². The predicted octanol–water partition coefficient (Wildman–Crippen LogP) is 1.21. The minimum Gasteiger partial charge on any atom is -0.382 e. The maximum absolute atomic E-state index is 5.60. The van der Waals surface area contributed by atoms with Crippen molar-refractivity contribution in [3.8, 4) is 0 Å². The van der Waals surface area contributed by atoms with E-state index < -0.39 is 0 Å². The van der Waals surface area contributed by atoms with E-state index in [2.05, 4.69) is 10.1 Å². The Kier molecular flexibility index (Phi) is 1.45. The molecule has 0 aliphatic rings. The van der Waals surface area contributed by atoms with Crippen LogP contribution in [-0.2, 0) is 0 Å². The summed E-state index contributed by atoms with van der Waals surface area (Å²) >= 11 is 2.04. The number of hydrogen-bond acceptors (Lipinski definition) is 3. The summed E-state index contributed by atoms with van der Waals surface area (Å²) in [6, 6.07) is 3.75. The van der Waals surface area contributed by atoms with Crippen LogP contribution < -0.4 is 5.73 Å². The van der Waals surface area contributed by atoms with Crippen LogP contribution >= 0.6 is 22.9 Å². The molecule has 0 aromatic carbocycles. The summed E-state index contributed by atoms with van der Waals surface area (Å²) in [7, 11) is 0. The molecule has 2 aromatic heterocycles. The molecule has 2 heterocycles. The van der Waals surface area contributed by atoms with Gasteiger partial charge < -0.3 is 5.73 Å². The molecule has 0 saturated heterocycles. The van der Waals surface area contributed by atoms with Gasteiger partial charge in [0.1, 0.15) is 0 Å². The third kappa shape index (κ3) is 0.953. The lowest BCUT2D eigenvalue weighted by atomic mass is 10.3. The second-order valence-electron chi connectivity index (χ2n) is 2.12. The first kappa shape index (κ1) is 6.84. The summed E-state index contributed by atoms with van der Waals surface area (Å²) in [5.41, 5.74) is 6.41. The Morgan fingerprint density at radius 2 is 2.36 bits per heavy atom. The van der Waals surface area contributed by atoms with Gasteiger partial charge in [-0.2, -0.15) is 2.90 Å². The Morgan fingerprint density at radius 3 is 3.09 bits per heavy atom. The maximum Gasteiger partial charge on any atom is 0.170 e. The number of aromatic nitrogens is 3. The highest BCUT2D eigenvalue weighted by Gasteiger charge is 2.04. The summed E-state index contributed by atoms with van der Waals surface area (Å²) in [5.74, 6) is 0.530. The quantitative estimate of drug-likeness (QED) is 0.724. The van der Waals surface area contributed by atoms with Crippen LogP contribution in [0.5, 0.6) is 0 Å². The Labute approximate surface area is 76.9 Å². The maximum atomic E-state index is 5.60. The van der Waals surface area contributed by atoms with Gasteiger partial charge in [0.15, 0.2) is 11.5 Å². The van der Waals surface area contributed by atoms with Gasteiger partial charge in [-0.25, -0.2) is 4.98 Å². The third-order valence-electron chi connectivity index (χ3n) is 1.43. The number of fused-ring (bicyclic) bond motifs is 1. The second kappa shape index (κ2) is 2.33. The third-order valence-corrected chi connectivity index (χ3v) is 2.11. The molecule has 0 saturated carbocycles. The molecule has 0 fully saturated rings. The van der Waals surface area contributed by atoms with E-state index in [1.165, 1.54) is 0 Å². The number of rotatable bonds is 0. The Bertz CT molecular complexity index is 358. The first-order valence-corrected chi connectivity index (χ1v) is 4.01. The zero-order chi connectivity index (χ0) is 7.84. The van der Waals surface area contributed by atoms with Gasteiger partial charge in [0.2, 0.25) is 0 Å². The fraction of sp³-hybridized carbons (Fsp3) is 0. The Hall–Kier alpha value is -0.850. The fourth-order valence-electron chi connectivity index (χ4n) is 0.940. The Balaban J connectivity index is 2.95. The monoisotopic (exact) mass is 260 g/mol. The van der Waals surface area contributed by atoms with Crippen LogP contribution in [0.4, 0.5) is 5.82 Å². The molecule has 2 N–H and O–H groups in total. The largest absolute Gasteiger partial charge is 0.382 e. The number of hydrogen-bond donors (Lipinski definition) is 1. The second-order valence-corrected chi connectivity index (χ2v) is 3.03. The van der Waals surface area contributed by atoms with Gasteiger partial charge in [-0.05, 0) is 12.1 Å². The van der Waals surface area contributed by atoms with E-state index in [0.29, 0.717) is 5.82 Å². The summed E-state index contributed by atoms with van der Waals surface area (Å²) in [5, 5.41) is 4.91. The molecule has 0 aliphatic carbocycles. The molecule has 0 amide bonds. The van der Waals surface area contributed by atoms with Crippen molar-refractivity contribution in [1.82, 2.24) is 13.0 Å². The van der Waals surface area contributed by atoms with E-state index in [4.69, 9.17) is 5.73 Å². The van der Waals surface area contributed by atoms with Crippen molar-refractivity contribution in [2.75, 3.05) is 5.73 Å². The lowest BCUT2D eigenvalue weighted by molar-refractivity contribution is 1.07. The number of nitrogens with zero attached hydrogens (tertiary/aromatic N) is 3. The van der Waals surface area contributed by atoms with Crippen molar-refractivity contribution in [3.63, 3.8) is 0 Å². The number of pyridine rings is 1. The van der Waals surface area contributed by atoms with E-state index in [1.54, 1.807) is 9.09 Å². The fourth-order valence-corrected chi connectivity index (χ4v) is 1.56. The SMILES string of the molecule is Nc1nn(I)c2ncccc12. The van der Waals surface area contributed by atoms with Crippen LogP contribution in [0.2, 0.25) is 0 Å². The number of anilines is 1. The van der Waals surface area contributed by atoms with Crippen molar-refractivity contribution in [2.45, 2.75) is 0 Å². The predicted molar refractivity (Wildman–Crippen MR) is 51.4 cm³/mol. The first-order valence-electron chi connectivity index (χ1n) is 3.04. The minimum atomic E-state index is 0.530. The number of nitrogens with two attached hydrogens (primary N) is 1. The van der Waals surface area contributed by atoms with E-state index in [9.17, 15) is 0 Å². The van der Waals surface area contributed by atoms with Crippen molar-refractivity contribution in [2.24, 2.45) is 0 Å². The van der Waals surface area contributed by atoms with Gasteiger partial charge in [0.05, 0.1) is 28.3 Å². The van der Waals surface area contributed by atoms with Crippen LogP contribution in [0.15, 0.2) is 18.3 Å². The highest BCUT2D eigenvalue weighted by atomic mass is 127. The van der Waals surface area contributed by atoms with Crippen LogP contribution in [-0.4, -0.2) is 13.0 Å². The van der Waals surface area contributed by atoms with Gasteiger partial charge >= 0.3 is 0 Å². The van der Waals surface area contributed by atoms with Crippen molar-refractivity contribution >= 4 is 39.7 Å². The minimum absolute atomic E-state index is 0.530. The summed E-state index contributed by atoms with van der Waals surface area (Å²) < 4.78 is 1.64. The van der Waals surface area contributed by atoms with Crippen LogP contribution in [0, 0.1) is 0 Å². The molecule has 0 aliphatic heterocycles. The van der Waals surface area contributed by atoms with Crippen molar-refractivity contribution in [1.29, 1.82) is 0 Å². The van der Waals surface area contributed by atoms with Crippen molar-refractivity contribution < 1.29 is 0 Å². The lowest BCUT2D eigenvalue weighted by Gasteiger charge is -1.86. The average Bonchev–Trinajstić information content (AvgIpc) is 2.30. The normalized spacial score (nSPS) is 10.6. The van der Waals surface area contributed by atoms with Gasteiger partial charge in [-0.3, -0.25) is 0 Å². The summed E-state index contributed by atoms with van der Waals surface area (Å²) in [6.07, 6.45) is 1.72. The zero-order valence-electron chi connectivity index (χ0n) is 5.53. The molecule has 11 heavy (non-hydrogen) atoms. The average molecular weight is 260 g/mol. The molecule has 2 rings (SSSR count).